The van der Waals surface area contributed by atoms with Crippen LogP contribution in [-0.2, 0) is 6.61 Å². The van der Waals surface area contributed by atoms with Gasteiger partial charge in [0.25, 0.3) is 0 Å². The normalized spacial score (nSPS) is 16.6. The number of halogens is 1. The SMILES string of the molecule is OCc1ccc(OCC2COc3ccccc32)c(Cl)c1. The predicted molar refractivity (Wildman–Crippen MR) is 77.5 cm³/mol. The van der Waals surface area contributed by atoms with E-state index in [-0.39, 0.29) is 12.5 Å². The van der Waals surface area contributed by atoms with Crippen molar-refractivity contribution in [2.45, 2.75) is 12.5 Å². The zero-order valence-corrected chi connectivity index (χ0v) is 11.6. The summed E-state index contributed by atoms with van der Waals surface area (Å²) >= 11 is 6.13. The second-order valence-corrected chi connectivity index (χ2v) is 5.19. The Hall–Kier alpha value is -1.71. The number of para-hydroxylation sites is 1. The average Bonchev–Trinajstić information content (AvgIpc) is 2.89. The number of aliphatic hydroxyl groups excluding tert-OH is 1. The first-order valence-corrected chi connectivity index (χ1v) is 6.89. The fourth-order valence-corrected chi connectivity index (χ4v) is 2.58. The van der Waals surface area contributed by atoms with Crippen LogP contribution in [0.3, 0.4) is 0 Å². The first kappa shape index (κ1) is 13.3. The van der Waals surface area contributed by atoms with Crippen LogP contribution in [0, 0.1) is 0 Å². The molecule has 1 heterocycles. The number of benzene rings is 2. The summed E-state index contributed by atoms with van der Waals surface area (Å²) in [5.74, 6) is 1.79. The lowest BCUT2D eigenvalue weighted by molar-refractivity contribution is 0.248. The number of hydrogen-bond acceptors (Lipinski definition) is 3. The third-order valence-electron chi connectivity index (χ3n) is 3.42. The van der Waals surface area contributed by atoms with Crippen LogP contribution >= 0.6 is 11.6 Å². The number of fused-ring (bicyclic) bond motifs is 1. The number of aliphatic hydroxyl groups is 1. The van der Waals surface area contributed by atoms with Gasteiger partial charge in [-0.3, -0.25) is 0 Å². The molecule has 3 nitrogen and oxygen atoms in total. The topological polar surface area (TPSA) is 38.7 Å². The van der Waals surface area contributed by atoms with E-state index >= 15 is 0 Å². The number of rotatable bonds is 4. The standard InChI is InChI=1S/C16H15ClO3/c17-14-7-11(8-18)5-6-16(14)20-10-12-9-19-15-4-2-1-3-13(12)15/h1-7,12,18H,8-10H2. The summed E-state index contributed by atoms with van der Waals surface area (Å²) in [5.41, 5.74) is 1.95. The summed E-state index contributed by atoms with van der Waals surface area (Å²) in [6, 6.07) is 13.3. The second kappa shape index (κ2) is 5.73. The van der Waals surface area contributed by atoms with E-state index in [0.717, 1.165) is 11.3 Å². The maximum absolute atomic E-state index is 9.05. The number of ether oxygens (including phenoxy) is 2. The molecular formula is C16H15ClO3. The van der Waals surface area contributed by atoms with Gasteiger partial charge in [0.05, 0.1) is 30.8 Å². The second-order valence-electron chi connectivity index (χ2n) is 4.78. The first-order chi connectivity index (χ1) is 9.78. The van der Waals surface area contributed by atoms with Crippen molar-refractivity contribution in [3.63, 3.8) is 0 Å². The molecule has 0 amide bonds. The van der Waals surface area contributed by atoms with Crippen LogP contribution in [0.1, 0.15) is 17.0 Å². The van der Waals surface area contributed by atoms with Gasteiger partial charge in [0, 0.05) is 5.56 Å². The molecule has 1 aliphatic heterocycles. The fourth-order valence-electron chi connectivity index (χ4n) is 2.32. The zero-order valence-electron chi connectivity index (χ0n) is 10.9. The maximum atomic E-state index is 9.05. The van der Waals surface area contributed by atoms with Crippen LogP contribution < -0.4 is 9.47 Å². The molecule has 1 unspecified atom stereocenters. The third-order valence-corrected chi connectivity index (χ3v) is 3.71. The molecule has 0 spiro atoms. The molecular weight excluding hydrogens is 276 g/mol. The minimum atomic E-state index is -0.0240. The average molecular weight is 291 g/mol. The molecule has 0 aromatic heterocycles. The van der Waals surface area contributed by atoms with Gasteiger partial charge in [-0.1, -0.05) is 35.9 Å². The zero-order chi connectivity index (χ0) is 13.9. The molecule has 2 aromatic carbocycles. The van der Waals surface area contributed by atoms with Crippen molar-refractivity contribution in [3.8, 4) is 11.5 Å². The molecule has 4 heteroatoms. The van der Waals surface area contributed by atoms with Crippen molar-refractivity contribution < 1.29 is 14.6 Å². The predicted octanol–water partition coefficient (Wildman–Crippen LogP) is 3.39. The Morgan fingerprint density at radius 3 is 2.90 bits per heavy atom. The van der Waals surface area contributed by atoms with Crippen LogP contribution in [0.25, 0.3) is 0 Å². The van der Waals surface area contributed by atoms with Crippen LogP contribution in [0.2, 0.25) is 5.02 Å². The van der Waals surface area contributed by atoms with E-state index in [1.807, 2.05) is 18.2 Å². The van der Waals surface area contributed by atoms with E-state index in [2.05, 4.69) is 6.07 Å². The summed E-state index contributed by atoms with van der Waals surface area (Å²) in [4.78, 5) is 0. The smallest absolute Gasteiger partial charge is 0.137 e. The van der Waals surface area contributed by atoms with E-state index in [9.17, 15) is 0 Å². The van der Waals surface area contributed by atoms with E-state index in [1.54, 1.807) is 18.2 Å². The lowest BCUT2D eigenvalue weighted by atomic mass is 10.0. The maximum Gasteiger partial charge on any atom is 0.137 e. The lowest BCUT2D eigenvalue weighted by Crippen LogP contribution is -2.11. The highest BCUT2D eigenvalue weighted by atomic mass is 35.5. The highest BCUT2D eigenvalue weighted by molar-refractivity contribution is 6.32. The van der Waals surface area contributed by atoms with Crippen LogP contribution in [-0.4, -0.2) is 18.3 Å². The van der Waals surface area contributed by atoms with Gasteiger partial charge in [0.2, 0.25) is 0 Å². The van der Waals surface area contributed by atoms with E-state index in [4.69, 9.17) is 26.2 Å². The van der Waals surface area contributed by atoms with Crippen molar-refractivity contribution in [1.29, 1.82) is 0 Å². The van der Waals surface area contributed by atoms with Gasteiger partial charge in [0.15, 0.2) is 0 Å². The lowest BCUT2D eigenvalue weighted by Gasteiger charge is -2.13. The molecule has 1 aliphatic rings. The molecule has 104 valence electrons. The molecule has 3 rings (SSSR count). The molecule has 1 N–H and O–H groups in total. The van der Waals surface area contributed by atoms with Crippen molar-refractivity contribution in [3.05, 3.63) is 58.6 Å². The fraction of sp³-hybridized carbons (Fsp3) is 0.250. The van der Waals surface area contributed by atoms with Crippen molar-refractivity contribution in [1.82, 2.24) is 0 Å². The molecule has 0 bridgehead atoms. The van der Waals surface area contributed by atoms with Crippen LogP contribution in [0.4, 0.5) is 0 Å². The third kappa shape index (κ3) is 2.60. The van der Waals surface area contributed by atoms with Crippen molar-refractivity contribution >= 4 is 11.6 Å². The van der Waals surface area contributed by atoms with Gasteiger partial charge in [-0.2, -0.15) is 0 Å². The quantitative estimate of drug-likeness (QED) is 0.938. The van der Waals surface area contributed by atoms with Crippen molar-refractivity contribution in [2.24, 2.45) is 0 Å². The molecule has 0 aliphatic carbocycles. The van der Waals surface area contributed by atoms with Crippen molar-refractivity contribution in [2.75, 3.05) is 13.2 Å². The summed E-state index contributed by atoms with van der Waals surface area (Å²) in [5, 5.41) is 9.57. The van der Waals surface area contributed by atoms with E-state index in [1.165, 1.54) is 5.56 Å². The Balaban J connectivity index is 1.69. The number of hydrogen-bond donors (Lipinski definition) is 1. The first-order valence-electron chi connectivity index (χ1n) is 6.51. The van der Waals surface area contributed by atoms with Gasteiger partial charge in [-0.25, -0.2) is 0 Å². The van der Waals surface area contributed by atoms with Crippen LogP contribution in [0.5, 0.6) is 11.5 Å². The Labute approximate surface area is 122 Å². The largest absolute Gasteiger partial charge is 0.493 e. The van der Waals surface area contributed by atoms with Gasteiger partial charge >= 0.3 is 0 Å². The summed E-state index contributed by atoms with van der Waals surface area (Å²) in [7, 11) is 0. The molecule has 0 fully saturated rings. The Morgan fingerprint density at radius 1 is 1.25 bits per heavy atom. The molecule has 2 aromatic rings. The molecule has 0 saturated carbocycles. The minimum Gasteiger partial charge on any atom is -0.493 e. The molecule has 0 radical (unpaired) electrons. The molecule has 20 heavy (non-hydrogen) atoms. The summed E-state index contributed by atoms with van der Waals surface area (Å²) in [6.07, 6.45) is 0. The Morgan fingerprint density at radius 2 is 2.10 bits per heavy atom. The summed E-state index contributed by atoms with van der Waals surface area (Å²) in [6.45, 7) is 1.13. The van der Waals surface area contributed by atoms with Crippen LogP contribution in [0.15, 0.2) is 42.5 Å². The highest BCUT2D eigenvalue weighted by Crippen LogP contribution is 2.34. The van der Waals surface area contributed by atoms with Gasteiger partial charge in [-0.05, 0) is 23.8 Å². The van der Waals surface area contributed by atoms with Gasteiger partial charge in [-0.15, -0.1) is 0 Å². The van der Waals surface area contributed by atoms with E-state index in [0.29, 0.717) is 24.0 Å². The van der Waals surface area contributed by atoms with Gasteiger partial charge in [0.1, 0.15) is 11.5 Å². The van der Waals surface area contributed by atoms with E-state index < -0.39 is 0 Å². The minimum absolute atomic E-state index is 0.0240. The Bertz CT molecular complexity index is 612. The molecule has 1 atom stereocenters. The Kier molecular flexibility index (Phi) is 3.81. The highest BCUT2D eigenvalue weighted by Gasteiger charge is 2.24. The summed E-state index contributed by atoms with van der Waals surface area (Å²) < 4.78 is 11.4. The molecule has 0 saturated heterocycles. The van der Waals surface area contributed by atoms with Gasteiger partial charge < -0.3 is 14.6 Å². The monoisotopic (exact) mass is 290 g/mol.